The maximum Gasteiger partial charge on any atom is 0.0540 e. The lowest BCUT2D eigenvalue weighted by atomic mass is 9.78. The quantitative estimate of drug-likeness (QED) is 0.144. The van der Waals surface area contributed by atoms with E-state index in [1.807, 2.05) is 0 Å². The van der Waals surface area contributed by atoms with Crippen LogP contribution in [0.1, 0.15) is 77.6 Å². The topological polar surface area (TPSA) is 3.24 Å². The molecule has 12 rings (SSSR count). The van der Waals surface area contributed by atoms with Crippen LogP contribution in [0.25, 0.3) is 88.0 Å². The van der Waals surface area contributed by atoms with E-state index in [2.05, 4.69) is 285 Å². The first-order chi connectivity index (χ1) is 34.7. The molecule has 0 N–H and O–H groups in total. The predicted octanol–water partition coefficient (Wildman–Crippen LogP) is 20.2. The van der Waals surface area contributed by atoms with Gasteiger partial charge in [-0.05, 0) is 152 Å². The van der Waals surface area contributed by atoms with Crippen LogP contribution in [-0.4, -0.2) is 0 Å². The lowest BCUT2D eigenvalue weighted by Crippen LogP contribution is -2.16. The highest BCUT2D eigenvalue weighted by Crippen LogP contribution is 2.51. The van der Waals surface area contributed by atoms with Crippen LogP contribution in [-0.2, 0) is 16.2 Å². The number of hydrogen-bond acceptors (Lipinski definition) is 1. The molecule has 0 fully saturated rings. The van der Waals surface area contributed by atoms with E-state index >= 15 is 0 Å². The Balaban J connectivity index is 1.02. The molecule has 0 atom stereocenters. The van der Waals surface area contributed by atoms with Crippen molar-refractivity contribution in [3.63, 3.8) is 0 Å². The molecule has 1 aliphatic carbocycles. The Morgan fingerprint density at radius 2 is 0.847 bits per heavy atom. The van der Waals surface area contributed by atoms with Gasteiger partial charge >= 0.3 is 0 Å². The van der Waals surface area contributed by atoms with Crippen molar-refractivity contribution in [2.24, 2.45) is 0 Å². The highest BCUT2D eigenvalue weighted by Gasteiger charge is 2.35. The summed E-state index contributed by atoms with van der Waals surface area (Å²) in [4.78, 5) is 2.46. The molecule has 350 valence electrons. The minimum atomic E-state index is -0.0693. The summed E-state index contributed by atoms with van der Waals surface area (Å²) in [6.07, 6.45) is 0. The van der Waals surface area contributed by atoms with Gasteiger partial charge in [-0.1, -0.05) is 243 Å². The van der Waals surface area contributed by atoms with Crippen molar-refractivity contribution in [2.45, 2.75) is 71.6 Å². The summed E-state index contributed by atoms with van der Waals surface area (Å²) >= 11 is 0. The van der Waals surface area contributed by atoms with Gasteiger partial charge in [0.25, 0.3) is 0 Å². The molecule has 1 aliphatic rings. The maximum atomic E-state index is 2.46. The minimum absolute atomic E-state index is 0.00734. The number of benzene rings is 11. The Morgan fingerprint density at radius 1 is 0.319 bits per heavy atom. The fourth-order valence-electron chi connectivity index (χ4n) is 11.5. The molecule has 0 saturated heterocycles. The Bertz CT molecular complexity index is 3850. The summed E-state index contributed by atoms with van der Waals surface area (Å²) in [6.45, 7) is 18.7. The van der Waals surface area contributed by atoms with E-state index in [0.717, 1.165) is 17.1 Å². The second-order valence-electron chi connectivity index (χ2n) is 22.6. The molecular formula is C71H61N. The van der Waals surface area contributed by atoms with E-state index in [1.165, 1.54) is 110 Å². The first kappa shape index (κ1) is 45.2. The summed E-state index contributed by atoms with van der Waals surface area (Å²) in [5, 5.41) is 7.55. The zero-order chi connectivity index (χ0) is 49.5. The molecule has 0 saturated carbocycles. The molecule has 0 aromatic heterocycles. The van der Waals surface area contributed by atoms with Crippen molar-refractivity contribution in [2.75, 3.05) is 4.90 Å². The van der Waals surface area contributed by atoms with Crippen LogP contribution in [0.15, 0.2) is 224 Å². The van der Waals surface area contributed by atoms with Crippen molar-refractivity contribution >= 4 is 49.4 Å². The highest BCUT2D eigenvalue weighted by atomic mass is 15.1. The molecule has 1 nitrogen and oxygen atoms in total. The number of fused-ring (bicyclic) bond motifs is 7. The van der Waals surface area contributed by atoms with Crippen LogP contribution >= 0.6 is 0 Å². The fourth-order valence-corrected chi connectivity index (χ4v) is 11.5. The third-order valence-electron chi connectivity index (χ3n) is 15.6. The Morgan fingerprint density at radius 3 is 1.56 bits per heavy atom. The summed E-state index contributed by atoms with van der Waals surface area (Å²) < 4.78 is 0. The lowest BCUT2D eigenvalue weighted by Gasteiger charge is -2.29. The second-order valence-corrected chi connectivity index (χ2v) is 22.6. The normalized spacial score (nSPS) is 13.1. The molecular weight excluding hydrogens is 867 g/mol. The second kappa shape index (κ2) is 17.1. The van der Waals surface area contributed by atoms with E-state index in [0.29, 0.717) is 0 Å². The van der Waals surface area contributed by atoms with Gasteiger partial charge in [0.05, 0.1) is 5.69 Å². The molecule has 11 aromatic rings. The zero-order valence-electron chi connectivity index (χ0n) is 42.8. The van der Waals surface area contributed by atoms with Gasteiger partial charge in [-0.15, -0.1) is 0 Å². The van der Waals surface area contributed by atoms with Crippen LogP contribution < -0.4 is 4.90 Å². The Hall–Kier alpha value is -8.00. The van der Waals surface area contributed by atoms with Crippen LogP contribution in [0.4, 0.5) is 17.1 Å². The molecule has 0 spiro atoms. The molecule has 72 heavy (non-hydrogen) atoms. The van der Waals surface area contributed by atoms with Crippen molar-refractivity contribution in [1.82, 2.24) is 0 Å². The van der Waals surface area contributed by atoms with Crippen LogP contribution in [0.2, 0.25) is 0 Å². The zero-order valence-corrected chi connectivity index (χ0v) is 42.8. The van der Waals surface area contributed by atoms with E-state index < -0.39 is 0 Å². The molecule has 0 amide bonds. The van der Waals surface area contributed by atoms with Gasteiger partial charge in [0, 0.05) is 22.4 Å². The summed E-state index contributed by atoms with van der Waals surface area (Å²) in [7, 11) is 0. The monoisotopic (exact) mass is 927 g/mol. The molecule has 11 aromatic carbocycles. The van der Waals surface area contributed by atoms with Gasteiger partial charge < -0.3 is 4.90 Å². The lowest BCUT2D eigenvalue weighted by molar-refractivity contribution is 0.569. The van der Waals surface area contributed by atoms with Crippen LogP contribution in [0.3, 0.4) is 0 Å². The van der Waals surface area contributed by atoms with Gasteiger partial charge in [0.2, 0.25) is 0 Å². The third-order valence-corrected chi connectivity index (χ3v) is 15.6. The largest absolute Gasteiger partial charge is 0.310 e. The van der Waals surface area contributed by atoms with Gasteiger partial charge in [-0.3, -0.25) is 0 Å². The molecule has 0 radical (unpaired) electrons. The number of nitrogens with zero attached hydrogens (tertiary/aromatic N) is 1. The van der Waals surface area contributed by atoms with Crippen LogP contribution in [0, 0.1) is 0 Å². The average molecular weight is 928 g/mol. The van der Waals surface area contributed by atoms with Gasteiger partial charge in [-0.2, -0.15) is 0 Å². The fraction of sp³-hybridized carbons (Fsp3) is 0.155. The van der Waals surface area contributed by atoms with Crippen molar-refractivity contribution in [3.8, 4) is 55.6 Å². The smallest absolute Gasteiger partial charge is 0.0540 e. The Labute approximate surface area is 426 Å². The van der Waals surface area contributed by atoms with E-state index in [9.17, 15) is 0 Å². The van der Waals surface area contributed by atoms with Gasteiger partial charge in [-0.25, -0.2) is 0 Å². The van der Waals surface area contributed by atoms with E-state index in [4.69, 9.17) is 0 Å². The van der Waals surface area contributed by atoms with E-state index in [-0.39, 0.29) is 16.2 Å². The first-order valence-electron chi connectivity index (χ1n) is 25.7. The Kier molecular flexibility index (Phi) is 10.7. The predicted molar refractivity (Wildman–Crippen MR) is 310 cm³/mol. The SMILES string of the molecule is CC(C)(C)c1cc(-c2cccc3cccc(-c4ccccc4N(c4ccc(-c5ccc6c(c5)C(C)(C)c5ccccc5-6)cc4)c4ccc(-c5cccc6c5ccc5ccccc56)cc4)c23)cc(C(C)(C)C)c1. The molecule has 0 aliphatic heterocycles. The van der Waals surface area contributed by atoms with Crippen molar-refractivity contribution in [3.05, 3.63) is 247 Å². The molecule has 1 heteroatoms. The number of para-hydroxylation sites is 1. The van der Waals surface area contributed by atoms with Gasteiger partial charge in [0.1, 0.15) is 0 Å². The summed E-state index contributed by atoms with van der Waals surface area (Å²) in [6, 6.07) is 84.3. The van der Waals surface area contributed by atoms with Crippen molar-refractivity contribution < 1.29 is 0 Å². The maximum absolute atomic E-state index is 2.46. The molecule has 0 unspecified atom stereocenters. The standard InChI is InChI=1S/C71H61N/c1-69(2,3)52-42-51(43-53(45-52)70(4,5)6)58-25-15-19-49-20-16-27-64(68(49)58)63-23-12-14-29-67(63)72(55-38-32-48(33-39-55)57-24-17-26-59-56-21-10-9-18-47(56)34-40-60(57)59)54-36-30-46(31-37-54)50-35-41-62-61-22-11-13-28-65(61)71(7,8)66(62)44-50/h9-45H,1-8H3. The summed E-state index contributed by atoms with van der Waals surface area (Å²) in [5.74, 6) is 0. The van der Waals surface area contributed by atoms with E-state index in [1.54, 1.807) is 0 Å². The average Bonchev–Trinajstić information content (AvgIpc) is 3.63. The van der Waals surface area contributed by atoms with Gasteiger partial charge in [0.15, 0.2) is 0 Å². The third kappa shape index (κ3) is 7.71. The number of hydrogen-bond donors (Lipinski definition) is 0. The number of anilines is 3. The van der Waals surface area contributed by atoms with Crippen LogP contribution in [0.5, 0.6) is 0 Å². The van der Waals surface area contributed by atoms with Crippen molar-refractivity contribution in [1.29, 1.82) is 0 Å². The minimum Gasteiger partial charge on any atom is -0.310 e. The molecule has 0 bridgehead atoms. The number of rotatable bonds is 7. The molecule has 0 heterocycles. The summed E-state index contributed by atoms with van der Waals surface area (Å²) in [5.41, 5.74) is 21.1. The highest BCUT2D eigenvalue weighted by molar-refractivity contribution is 6.12. The first-order valence-corrected chi connectivity index (χ1v) is 25.7.